The van der Waals surface area contributed by atoms with E-state index in [1.807, 2.05) is 16.7 Å². The van der Waals surface area contributed by atoms with Crippen molar-refractivity contribution in [3.8, 4) is 0 Å². The van der Waals surface area contributed by atoms with Crippen molar-refractivity contribution in [2.75, 3.05) is 24.6 Å². The number of hydrogen-bond acceptors (Lipinski definition) is 5. The maximum atomic E-state index is 12.2. The summed E-state index contributed by atoms with van der Waals surface area (Å²) in [5.74, 6) is 1.89. The van der Waals surface area contributed by atoms with Gasteiger partial charge in [-0.1, -0.05) is 5.18 Å². The van der Waals surface area contributed by atoms with Gasteiger partial charge in [0.2, 0.25) is 0 Å². The van der Waals surface area contributed by atoms with Gasteiger partial charge in [-0.2, -0.15) is 16.7 Å². The van der Waals surface area contributed by atoms with Gasteiger partial charge in [0.25, 0.3) is 5.91 Å². The number of nitrogens with zero attached hydrogens (tertiary/aromatic N) is 3. The molecular formula is C11H13N3O2S. The largest absolute Gasteiger partial charge is 0.337 e. The smallest absolute Gasteiger partial charge is 0.255 e. The lowest BCUT2D eigenvalue weighted by Crippen LogP contribution is -2.38. The van der Waals surface area contributed by atoms with Crippen LogP contribution in [0.3, 0.4) is 0 Å². The predicted molar refractivity (Wildman–Crippen MR) is 67.0 cm³/mol. The lowest BCUT2D eigenvalue weighted by molar-refractivity contribution is 0.0770. The van der Waals surface area contributed by atoms with Crippen LogP contribution in [-0.2, 0) is 6.54 Å². The zero-order valence-corrected chi connectivity index (χ0v) is 10.2. The summed E-state index contributed by atoms with van der Waals surface area (Å²) in [5, 5.41) is 2.81. The first-order valence-corrected chi connectivity index (χ1v) is 6.58. The van der Waals surface area contributed by atoms with E-state index in [0.29, 0.717) is 11.3 Å². The highest BCUT2D eigenvalue weighted by Crippen LogP contribution is 2.15. The number of carbonyl (C=O) groups is 1. The average Bonchev–Trinajstić information content (AvgIpc) is 2.40. The lowest BCUT2D eigenvalue weighted by Gasteiger charge is -2.26. The molecule has 0 unspecified atom stereocenters. The first-order valence-electron chi connectivity index (χ1n) is 5.43. The highest BCUT2D eigenvalue weighted by Gasteiger charge is 2.21. The third-order valence-corrected chi connectivity index (χ3v) is 3.58. The van der Waals surface area contributed by atoms with Crippen LogP contribution in [0.1, 0.15) is 16.1 Å². The van der Waals surface area contributed by atoms with Gasteiger partial charge in [-0.15, -0.1) is 0 Å². The summed E-state index contributed by atoms with van der Waals surface area (Å²) in [6.45, 7) is 1.46. The van der Waals surface area contributed by atoms with E-state index in [-0.39, 0.29) is 12.5 Å². The molecule has 0 bridgehead atoms. The van der Waals surface area contributed by atoms with Crippen molar-refractivity contribution in [3.63, 3.8) is 0 Å². The molecule has 0 saturated carbocycles. The number of nitroso groups, excluding NO2 is 1. The number of carbonyl (C=O) groups excluding carboxylic acids is 1. The highest BCUT2D eigenvalue weighted by molar-refractivity contribution is 7.99. The summed E-state index contributed by atoms with van der Waals surface area (Å²) in [6.07, 6.45) is 1.57. The zero-order valence-electron chi connectivity index (χ0n) is 9.33. The Kier molecular flexibility index (Phi) is 4.08. The van der Waals surface area contributed by atoms with Crippen molar-refractivity contribution in [2.24, 2.45) is 5.18 Å². The van der Waals surface area contributed by atoms with Gasteiger partial charge < -0.3 is 4.90 Å². The molecule has 0 spiro atoms. The second-order valence-corrected chi connectivity index (χ2v) is 4.91. The zero-order chi connectivity index (χ0) is 12.1. The Bertz CT molecular complexity index is 419. The molecule has 0 aromatic carbocycles. The quantitative estimate of drug-likeness (QED) is 0.764. The van der Waals surface area contributed by atoms with E-state index in [9.17, 15) is 9.70 Å². The van der Waals surface area contributed by atoms with Crippen LogP contribution in [0.2, 0.25) is 0 Å². The van der Waals surface area contributed by atoms with Crippen LogP contribution in [0.4, 0.5) is 0 Å². The van der Waals surface area contributed by atoms with E-state index < -0.39 is 0 Å². The van der Waals surface area contributed by atoms with Gasteiger partial charge in [-0.25, -0.2) is 0 Å². The van der Waals surface area contributed by atoms with Gasteiger partial charge >= 0.3 is 0 Å². The summed E-state index contributed by atoms with van der Waals surface area (Å²) in [6, 6.07) is 3.41. The highest BCUT2D eigenvalue weighted by atomic mass is 32.2. The molecule has 5 nitrogen and oxygen atoms in total. The van der Waals surface area contributed by atoms with Gasteiger partial charge in [0.1, 0.15) is 6.54 Å². The van der Waals surface area contributed by atoms with Crippen LogP contribution in [-0.4, -0.2) is 40.4 Å². The number of thioether (sulfide) groups is 1. The van der Waals surface area contributed by atoms with Crippen LogP contribution in [0.25, 0.3) is 0 Å². The van der Waals surface area contributed by atoms with Gasteiger partial charge in [0, 0.05) is 30.8 Å². The molecule has 2 rings (SSSR count). The summed E-state index contributed by atoms with van der Waals surface area (Å²) >= 11 is 1.85. The average molecular weight is 251 g/mol. The van der Waals surface area contributed by atoms with Crippen LogP contribution >= 0.6 is 11.8 Å². The Balaban J connectivity index is 2.19. The van der Waals surface area contributed by atoms with E-state index >= 15 is 0 Å². The maximum absolute atomic E-state index is 12.2. The first kappa shape index (κ1) is 12.0. The molecule has 1 fully saturated rings. The van der Waals surface area contributed by atoms with Crippen molar-refractivity contribution in [3.05, 3.63) is 34.5 Å². The second kappa shape index (κ2) is 5.77. The fourth-order valence-electron chi connectivity index (χ4n) is 1.76. The summed E-state index contributed by atoms with van der Waals surface area (Å²) in [4.78, 5) is 28.4. The second-order valence-electron chi connectivity index (χ2n) is 3.69. The van der Waals surface area contributed by atoms with Crippen LogP contribution in [0.5, 0.6) is 0 Å². The minimum Gasteiger partial charge on any atom is -0.337 e. The van der Waals surface area contributed by atoms with Crippen molar-refractivity contribution >= 4 is 17.7 Å². The topological polar surface area (TPSA) is 62.6 Å². The SMILES string of the molecule is O=NCc1ncccc1C(=O)N1CCSCC1. The Morgan fingerprint density at radius 2 is 2.24 bits per heavy atom. The molecule has 0 aliphatic carbocycles. The van der Waals surface area contributed by atoms with Crippen LogP contribution in [0.15, 0.2) is 23.5 Å². The molecule has 1 aliphatic rings. The van der Waals surface area contributed by atoms with Gasteiger partial charge in [-0.3, -0.25) is 9.78 Å². The van der Waals surface area contributed by atoms with Crippen molar-refractivity contribution in [1.29, 1.82) is 0 Å². The van der Waals surface area contributed by atoms with E-state index in [4.69, 9.17) is 0 Å². The molecule has 1 amide bonds. The summed E-state index contributed by atoms with van der Waals surface area (Å²) < 4.78 is 0. The number of hydrogen-bond donors (Lipinski definition) is 0. The van der Waals surface area contributed by atoms with Gasteiger partial charge in [-0.05, 0) is 12.1 Å². The molecule has 17 heavy (non-hydrogen) atoms. The Hall–Kier alpha value is -1.43. The molecule has 1 aromatic heterocycles. The number of pyridine rings is 1. The number of rotatable bonds is 3. The van der Waals surface area contributed by atoms with Gasteiger partial charge in [0.15, 0.2) is 0 Å². The number of aromatic nitrogens is 1. The third-order valence-electron chi connectivity index (χ3n) is 2.63. The monoisotopic (exact) mass is 251 g/mol. The lowest BCUT2D eigenvalue weighted by atomic mass is 10.1. The molecule has 1 aliphatic heterocycles. The molecule has 1 aromatic rings. The minimum atomic E-state index is -0.0511. The van der Waals surface area contributed by atoms with E-state index in [1.165, 1.54) is 0 Å². The third kappa shape index (κ3) is 2.82. The summed E-state index contributed by atoms with van der Waals surface area (Å²) in [5.41, 5.74) is 0.963. The predicted octanol–water partition coefficient (Wildman–Crippen LogP) is 1.54. The first-order chi connectivity index (χ1) is 8.33. The minimum absolute atomic E-state index is 0.0444. The summed E-state index contributed by atoms with van der Waals surface area (Å²) in [7, 11) is 0. The van der Waals surface area contributed by atoms with Gasteiger partial charge in [0.05, 0.1) is 11.3 Å². The standard InChI is InChI=1S/C11H13N3O2S/c15-11(14-4-6-17-7-5-14)9-2-1-3-12-10(9)8-13-16/h1-3H,4-8H2. The molecule has 1 saturated heterocycles. The fourth-order valence-corrected chi connectivity index (χ4v) is 2.66. The Labute approximate surface area is 104 Å². The molecule has 0 atom stereocenters. The van der Waals surface area contributed by atoms with Crippen LogP contribution in [0, 0.1) is 4.91 Å². The molecule has 0 radical (unpaired) electrons. The van der Waals surface area contributed by atoms with E-state index in [0.717, 1.165) is 24.6 Å². The van der Waals surface area contributed by atoms with Crippen molar-refractivity contribution in [1.82, 2.24) is 9.88 Å². The molecular weight excluding hydrogens is 238 g/mol. The molecule has 0 N–H and O–H groups in total. The Morgan fingerprint density at radius 3 is 2.94 bits per heavy atom. The molecule has 6 heteroatoms. The van der Waals surface area contributed by atoms with Crippen molar-refractivity contribution < 1.29 is 4.79 Å². The normalized spacial score (nSPS) is 15.6. The Morgan fingerprint density at radius 1 is 1.47 bits per heavy atom. The van der Waals surface area contributed by atoms with Crippen molar-refractivity contribution in [2.45, 2.75) is 6.54 Å². The number of amides is 1. The van der Waals surface area contributed by atoms with E-state index in [1.54, 1.807) is 18.3 Å². The van der Waals surface area contributed by atoms with E-state index in [2.05, 4.69) is 10.2 Å². The molecule has 2 heterocycles. The fraction of sp³-hybridized carbons (Fsp3) is 0.455. The van der Waals surface area contributed by atoms with Crippen LogP contribution < -0.4 is 0 Å². The molecule has 90 valence electrons. The maximum Gasteiger partial charge on any atom is 0.255 e.